The molecule has 1 aliphatic rings. The van der Waals surface area contributed by atoms with E-state index in [-0.39, 0.29) is 5.91 Å². The van der Waals surface area contributed by atoms with Crippen LogP contribution in [0.4, 0.5) is 5.69 Å². The predicted molar refractivity (Wildman–Crippen MR) is 113 cm³/mol. The monoisotopic (exact) mass is 383 g/mol. The van der Waals surface area contributed by atoms with Crippen molar-refractivity contribution in [2.24, 2.45) is 0 Å². The molecule has 0 saturated heterocycles. The highest BCUT2D eigenvalue weighted by atomic mass is 16.2. The van der Waals surface area contributed by atoms with Crippen molar-refractivity contribution in [3.05, 3.63) is 78.4 Å². The number of carbonyl (C=O) groups is 1. The Morgan fingerprint density at radius 1 is 1.07 bits per heavy atom. The van der Waals surface area contributed by atoms with Crippen molar-refractivity contribution < 1.29 is 4.79 Å². The summed E-state index contributed by atoms with van der Waals surface area (Å²) in [5.41, 5.74) is 4.71. The number of nitrogens with zero attached hydrogens (tertiary/aromatic N) is 3. The minimum atomic E-state index is -0.540. The molecule has 5 rings (SSSR count). The minimum Gasteiger partial charge on any atom is -0.346 e. The van der Waals surface area contributed by atoms with Gasteiger partial charge in [-0.15, -0.1) is 0 Å². The fourth-order valence-corrected chi connectivity index (χ4v) is 3.93. The molecule has 0 saturated carbocycles. The van der Waals surface area contributed by atoms with Gasteiger partial charge in [-0.1, -0.05) is 30.3 Å². The first-order chi connectivity index (χ1) is 14.0. The van der Waals surface area contributed by atoms with Crippen molar-refractivity contribution >= 4 is 22.6 Å². The lowest BCUT2D eigenvalue weighted by molar-refractivity contribution is 0.0891. The zero-order valence-corrected chi connectivity index (χ0v) is 16.3. The third-order valence-electron chi connectivity index (χ3n) is 5.41. The maximum Gasteiger partial charge on any atom is 0.273 e. The number of anilines is 1. The molecular formula is C23H21N5O. The average molecular weight is 383 g/mol. The van der Waals surface area contributed by atoms with Crippen LogP contribution in [0, 0.1) is 0 Å². The Hall–Kier alpha value is -3.67. The van der Waals surface area contributed by atoms with Gasteiger partial charge in [-0.3, -0.25) is 4.79 Å². The number of nitrogens with one attached hydrogen (secondary N) is 2. The number of fused-ring (bicyclic) bond motifs is 2. The number of H-pyrrole nitrogens is 1. The third kappa shape index (κ3) is 2.93. The Kier molecular flexibility index (Phi) is 3.87. The first kappa shape index (κ1) is 17.4. The number of amides is 1. The van der Waals surface area contributed by atoms with E-state index in [1.165, 1.54) is 5.56 Å². The first-order valence-electron chi connectivity index (χ1n) is 9.59. The number of hydrogen-bond acceptors (Lipinski definition) is 4. The van der Waals surface area contributed by atoms with Crippen LogP contribution in [0.15, 0.2) is 67.1 Å². The highest BCUT2D eigenvalue weighted by Gasteiger charge is 2.37. The molecule has 1 aliphatic heterocycles. The Labute approximate surface area is 168 Å². The second-order valence-corrected chi connectivity index (χ2v) is 7.78. The van der Waals surface area contributed by atoms with Gasteiger partial charge in [-0.05, 0) is 37.6 Å². The van der Waals surface area contributed by atoms with Gasteiger partial charge >= 0.3 is 0 Å². The molecular weight excluding hydrogens is 362 g/mol. The van der Waals surface area contributed by atoms with Crippen LogP contribution < -0.4 is 10.2 Å². The summed E-state index contributed by atoms with van der Waals surface area (Å²) in [4.78, 5) is 27.0. The number of benzene rings is 1. The van der Waals surface area contributed by atoms with Crippen LogP contribution in [-0.4, -0.2) is 26.5 Å². The smallest absolute Gasteiger partial charge is 0.273 e. The maximum atomic E-state index is 12.7. The molecule has 0 aliphatic carbocycles. The molecule has 144 valence electrons. The van der Waals surface area contributed by atoms with Gasteiger partial charge in [0.15, 0.2) is 5.69 Å². The Balaban J connectivity index is 1.65. The van der Waals surface area contributed by atoms with Crippen LogP contribution in [-0.2, 0) is 6.54 Å². The van der Waals surface area contributed by atoms with Gasteiger partial charge in [0.2, 0.25) is 0 Å². The van der Waals surface area contributed by atoms with Crippen molar-refractivity contribution in [2.45, 2.75) is 26.1 Å². The van der Waals surface area contributed by atoms with Crippen molar-refractivity contribution in [3.8, 4) is 11.1 Å². The average Bonchev–Trinajstić information content (AvgIpc) is 3.15. The largest absolute Gasteiger partial charge is 0.346 e. The summed E-state index contributed by atoms with van der Waals surface area (Å²) in [6, 6.07) is 16.3. The topological polar surface area (TPSA) is 73.9 Å². The number of carbonyl (C=O) groups excluding carboxylic acids is 1. The van der Waals surface area contributed by atoms with Crippen LogP contribution in [0.1, 0.15) is 29.9 Å². The zero-order valence-electron chi connectivity index (χ0n) is 16.3. The second-order valence-electron chi connectivity index (χ2n) is 7.78. The van der Waals surface area contributed by atoms with Gasteiger partial charge in [0.1, 0.15) is 11.3 Å². The zero-order chi connectivity index (χ0) is 20.0. The standard InChI is InChI=1S/C23H21N5O/c1-23(2)27-22(29)20-19(28(23)14-15-7-4-3-5-8-15)11-16(12-25-20)18-13-26-21-17(18)9-6-10-24-21/h3-13H,14H2,1-2H3,(H,24,26)(H,27,29). The molecule has 0 spiro atoms. The quantitative estimate of drug-likeness (QED) is 0.558. The van der Waals surface area contributed by atoms with Gasteiger partial charge in [-0.25, -0.2) is 9.97 Å². The van der Waals surface area contributed by atoms with E-state index in [4.69, 9.17) is 0 Å². The Morgan fingerprint density at radius 2 is 1.90 bits per heavy atom. The van der Waals surface area contributed by atoms with Crippen molar-refractivity contribution in [2.75, 3.05) is 4.90 Å². The lowest BCUT2D eigenvalue weighted by Crippen LogP contribution is -2.60. The molecule has 0 fully saturated rings. The lowest BCUT2D eigenvalue weighted by Gasteiger charge is -2.44. The molecule has 0 unspecified atom stereocenters. The van der Waals surface area contributed by atoms with E-state index in [2.05, 4.69) is 43.4 Å². The second kappa shape index (κ2) is 6.44. The fourth-order valence-electron chi connectivity index (χ4n) is 3.93. The summed E-state index contributed by atoms with van der Waals surface area (Å²) >= 11 is 0. The molecule has 29 heavy (non-hydrogen) atoms. The summed E-state index contributed by atoms with van der Waals surface area (Å²) in [6.45, 7) is 4.69. The normalized spacial score (nSPS) is 15.2. The number of hydrogen-bond donors (Lipinski definition) is 2. The predicted octanol–water partition coefficient (Wildman–Crippen LogP) is 4.11. The summed E-state index contributed by atoms with van der Waals surface area (Å²) in [5.74, 6) is -0.151. The van der Waals surface area contributed by atoms with Crippen molar-refractivity contribution in [3.63, 3.8) is 0 Å². The van der Waals surface area contributed by atoms with Crippen LogP contribution in [0.5, 0.6) is 0 Å². The van der Waals surface area contributed by atoms with E-state index in [0.29, 0.717) is 12.2 Å². The Morgan fingerprint density at radius 3 is 2.72 bits per heavy atom. The number of aromatic nitrogens is 3. The van der Waals surface area contributed by atoms with E-state index in [9.17, 15) is 4.79 Å². The first-order valence-corrected chi connectivity index (χ1v) is 9.59. The number of rotatable bonds is 3. The van der Waals surface area contributed by atoms with E-state index in [1.807, 2.05) is 50.4 Å². The minimum absolute atomic E-state index is 0.151. The molecule has 0 radical (unpaired) electrons. The van der Waals surface area contributed by atoms with E-state index >= 15 is 0 Å². The van der Waals surface area contributed by atoms with E-state index < -0.39 is 5.66 Å². The van der Waals surface area contributed by atoms with Crippen LogP contribution >= 0.6 is 0 Å². The van der Waals surface area contributed by atoms with Gasteiger partial charge in [-0.2, -0.15) is 0 Å². The molecule has 1 amide bonds. The number of pyridine rings is 2. The van der Waals surface area contributed by atoms with Gasteiger partial charge in [0.05, 0.1) is 5.69 Å². The van der Waals surface area contributed by atoms with Crippen LogP contribution in [0.3, 0.4) is 0 Å². The summed E-state index contributed by atoms with van der Waals surface area (Å²) in [6.07, 6.45) is 5.46. The number of aromatic amines is 1. The van der Waals surface area contributed by atoms with Gasteiger partial charge < -0.3 is 15.2 Å². The van der Waals surface area contributed by atoms with E-state index in [1.54, 1.807) is 12.4 Å². The molecule has 4 heterocycles. The summed E-state index contributed by atoms with van der Waals surface area (Å²) in [7, 11) is 0. The van der Waals surface area contributed by atoms with Gasteiger partial charge in [0.25, 0.3) is 5.91 Å². The van der Waals surface area contributed by atoms with Crippen molar-refractivity contribution in [1.82, 2.24) is 20.3 Å². The molecule has 6 nitrogen and oxygen atoms in total. The lowest BCUT2D eigenvalue weighted by atomic mass is 10.0. The molecule has 6 heteroatoms. The van der Waals surface area contributed by atoms with Crippen LogP contribution in [0.25, 0.3) is 22.2 Å². The highest BCUT2D eigenvalue weighted by Crippen LogP contribution is 2.36. The molecule has 3 aromatic heterocycles. The Bertz CT molecular complexity index is 1210. The molecule has 0 atom stereocenters. The SMILES string of the molecule is CC1(C)NC(=O)c2ncc(-c3c[nH]c4ncccc34)cc2N1Cc1ccccc1. The molecule has 0 bridgehead atoms. The van der Waals surface area contributed by atoms with Crippen LogP contribution in [0.2, 0.25) is 0 Å². The third-order valence-corrected chi connectivity index (χ3v) is 5.41. The van der Waals surface area contributed by atoms with Crippen molar-refractivity contribution in [1.29, 1.82) is 0 Å². The van der Waals surface area contributed by atoms with E-state index in [0.717, 1.165) is 27.8 Å². The molecule has 4 aromatic rings. The molecule has 2 N–H and O–H groups in total. The highest BCUT2D eigenvalue weighted by molar-refractivity contribution is 6.02. The summed E-state index contributed by atoms with van der Waals surface area (Å²) < 4.78 is 0. The van der Waals surface area contributed by atoms with Gasteiger partial charge in [0, 0.05) is 41.6 Å². The summed E-state index contributed by atoms with van der Waals surface area (Å²) in [5, 5.41) is 4.11. The molecule has 1 aromatic carbocycles. The maximum absolute atomic E-state index is 12.7. The fraction of sp³-hybridized carbons (Fsp3) is 0.174.